The smallest absolute Gasteiger partial charge is 0.143 e. The lowest BCUT2D eigenvalue weighted by Gasteiger charge is -2.34. The fourth-order valence-corrected chi connectivity index (χ4v) is 1.86. The van der Waals surface area contributed by atoms with E-state index < -0.39 is 0 Å². The zero-order chi connectivity index (χ0) is 10.8. The minimum absolute atomic E-state index is 0. The maximum atomic E-state index is 13.1. The van der Waals surface area contributed by atoms with Crippen LogP contribution in [0.25, 0.3) is 0 Å². The van der Waals surface area contributed by atoms with E-state index in [0.717, 1.165) is 37.6 Å². The molecule has 0 aromatic carbocycles. The van der Waals surface area contributed by atoms with E-state index in [-0.39, 0.29) is 12.0 Å². The van der Waals surface area contributed by atoms with E-state index in [1.807, 2.05) is 6.92 Å². The number of nitrogens with zero attached hydrogens (tertiary/aromatic N) is 3. The molecule has 0 spiro atoms. The largest absolute Gasteiger partial charge is 0.367 e. The fourth-order valence-electron chi connectivity index (χ4n) is 1.86. The van der Waals surface area contributed by atoms with Crippen LogP contribution in [0.4, 0.5) is 10.1 Å². The number of piperazine rings is 1. The van der Waals surface area contributed by atoms with E-state index in [1.54, 1.807) is 6.07 Å². The second-order valence-corrected chi connectivity index (χ2v) is 4.05. The van der Waals surface area contributed by atoms with E-state index in [2.05, 4.69) is 21.8 Å². The summed E-state index contributed by atoms with van der Waals surface area (Å²) in [7, 11) is 2.11. The first-order chi connectivity index (χ1) is 7.16. The number of aromatic nitrogens is 1. The van der Waals surface area contributed by atoms with E-state index >= 15 is 0 Å². The molecule has 1 aliphatic heterocycles. The van der Waals surface area contributed by atoms with Gasteiger partial charge in [-0.25, -0.2) is 4.39 Å². The molecule has 0 aliphatic carbocycles. The maximum Gasteiger partial charge on any atom is 0.143 e. The van der Waals surface area contributed by atoms with Crippen LogP contribution in [0.15, 0.2) is 12.3 Å². The average Bonchev–Trinajstić information content (AvgIpc) is 2.23. The molecule has 2 heterocycles. The van der Waals surface area contributed by atoms with Crippen molar-refractivity contribution < 1.29 is 4.39 Å². The van der Waals surface area contributed by atoms with Crippen molar-refractivity contribution in [2.75, 3.05) is 38.1 Å². The number of hydrogen-bond acceptors (Lipinski definition) is 4. The van der Waals surface area contributed by atoms with Crippen molar-refractivity contribution in [3.8, 4) is 0 Å². The van der Waals surface area contributed by atoms with Crippen LogP contribution >= 0.6 is 0 Å². The molecule has 0 bridgehead atoms. The molecule has 0 atom stereocenters. The van der Waals surface area contributed by atoms with Gasteiger partial charge in [-0.05, 0) is 14.0 Å². The van der Waals surface area contributed by atoms with Gasteiger partial charge in [-0.3, -0.25) is 4.98 Å². The number of anilines is 1. The Morgan fingerprint density at radius 2 is 1.88 bits per heavy atom. The molecule has 4 nitrogen and oxygen atoms in total. The monoisotopic (exact) mass is 226 g/mol. The van der Waals surface area contributed by atoms with Gasteiger partial charge in [-0.2, -0.15) is 0 Å². The Bertz CT molecular complexity index is 348. The van der Waals surface area contributed by atoms with Gasteiger partial charge < -0.3 is 16.0 Å². The van der Waals surface area contributed by atoms with Gasteiger partial charge in [0.25, 0.3) is 0 Å². The van der Waals surface area contributed by atoms with Gasteiger partial charge in [0.05, 0.1) is 17.6 Å². The first-order valence-electron chi connectivity index (χ1n) is 5.22. The SMILES string of the molecule is Cc1ncc(F)cc1N1CCN(C)CC1.N. The molecule has 1 aromatic heterocycles. The fraction of sp³-hybridized carbons (Fsp3) is 0.545. The lowest BCUT2D eigenvalue weighted by Crippen LogP contribution is -2.44. The van der Waals surface area contributed by atoms with Crippen molar-refractivity contribution in [1.82, 2.24) is 16.0 Å². The summed E-state index contributed by atoms with van der Waals surface area (Å²) in [6.45, 7) is 5.87. The third-order valence-electron chi connectivity index (χ3n) is 2.87. The third-order valence-corrected chi connectivity index (χ3v) is 2.87. The summed E-state index contributed by atoms with van der Waals surface area (Å²) in [4.78, 5) is 8.52. The van der Waals surface area contributed by atoms with Gasteiger partial charge >= 0.3 is 0 Å². The van der Waals surface area contributed by atoms with Crippen LogP contribution < -0.4 is 11.1 Å². The Balaban J connectivity index is 0.00000128. The van der Waals surface area contributed by atoms with Crippen LogP contribution in [0.1, 0.15) is 5.69 Å². The highest BCUT2D eigenvalue weighted by molar-refractivity contribution is 5.50. The summed E-state index contributed by atoms with van der Waals surface area (Å²) in [6.07, 6.45) is 1.27. The molecular weight excluding hydrogens is 207 g/mol. The summed E-state index contributed by atoms with van der Waals surface area (Å²) >= 11 is 0. The van der Waals surface area contributed by atoms with Gasteiger partial charge in [-0.15, -0.1) is 0 Å². The van der Waals surface area contributed by atoms with Crippen molar-refractivity contribution in [2.45, 2.75) is 6.92 Å². The third kappa shape index (κ3) is 2.68. The van der Waals surface area contributed by atoms with Crippen LogP contribution in [-0.2, 0) is 0 Å². The van der Waals surface area contributed by atoms with Gasteiger partial charge in [0.2, 0.25) is 0 Å². The van der Waals surface area contributed by atoms with Crippen molar-refractivity contribution in [2.24, 2.45) is 0 Å². The number of rotatable bonds is 1. The Labute approximate surface area is 95.7 Å². The molecule has 0 amide bonds. The molecule has 5 heteroatoms. The Morgan fingerprint density at radius 1 is 1.25 bits per heavy atom. The zero-order valence-electron chi connectivity index (χ0n) is 9.91. The zero-order valence-corrected chi connectivity index (χ0v) is 9.91. The summed E-state index contributed by atoms with van der Waals surface area (Å²) < 4.78 is 13.1. The molecule has 90 valence electrons. The molecule has 1 fully saturated rings. The van der Waals surface area contributed by atoms with E-state index in [9.17, 15) is 4.39 Å². The molecule has 0 saturated carbocycles. The van der Waals surface area contributed by atoms with Crippen molar-refractivity contribution in [1.29, 1.82) is 0 Å². The van der Waals surface area contributed by atoms with Crippen LogP contribution in [-0.4, -0.2) is 43.1 Å². The molecule has 1 saturated heterocycles. The molecule has 2 rings (SSSR count). The van der Waals surface area contributed by atoms with Gasteiger partial charge in [0.15, 0.2) is 0 Å². The molecule has 0 unspecified atom stereocenters. The van der Waals surface area contributed by atoms with Crippen LogP contribution in [0.2, 0.25) is 0 Å². The highest BCUT2D eigenvalue weighted by Gasteiger charge is 2.16. The lowest BCUT2D eigenvalue weighted by molar-refractivity contribution is 0.312. The van der Waals surface area contributed by atoms with E-state index in [0.29, 0.717) is 0 Å². The molecule has 16 heavy (non-hydrogen) atoms. The predicted octanol–water partition coefficient (Wildman–Crippen LogP) is 1.44. The topological polar surface area (TPSA) is 54.4 Å². The standard InChI is InChI=1S/C11H16FN3.H3N/c1-9-11(7-10(12)8-13-9)15-5-3-14(2)4-6-15;/h7-8H,3-6H2,1-2H3;1H3. The Kier molecular flexibility index (Phi) is 4.20. The summed E-state index contributed by atoms with van der Waals surface area (Å²) in [6, 6.07) is 1.58. The molecule has 0 radical (unpaired) electrons. The molecular formula is C11H19FN4. The second kappa shape index (κ2) is 5.23. The quantitative estimate of drug-likeness (QED) is 0.787. The first kappa shape index (κ1) is 12.9. The van der Waals surface area contributed by atoms with Gasteiger partial charge in [-0.1, -0.05) is 0 Å². The molecule has 3 N–H and O–H groups in total. The number of halogens is 1. The first-order valence-corrected chi connectivity index (χ1v) is 5.22. The van der Waals surface area contributed by atoms with Gasteiger partial charge in [0, 0.05) is 32.2 Å². The highest BCUT2D eigenvalue weighted by atomic mass is 19.1. The van der Waals surface area contributed by atoms with Crippen LogP contribution in [0, 0.1) is 12.7 Å². The Hall–Kier alpha value is -1.20. The number of hydrogen-bond donors (Lipinski definition) is 1. The summed E-state index contributed by atoms with van der Waals surface area (Å²) in [5.41, 5.74) is 1.84. The average molecular weight is 226 g/mol. The molecule has 1 aliphatic rings. The van der Waals surface area contributed by atoms with Crippen molar-refractivity contribution in [3.63, 3.8) is 0 Å². The normalized spacial score (nSPS) is 17.1. The minimum Gasteiger partial charge on any atom is -0.367 e. The van der Waals surface area contributed by atoms with E-state index in [4.69, 9.17) is 0 Å². The highest BCUT2D eigenvalue weighted by Crippen LogP contribution is 2.20. The van der Waals surface area contributed by atoms with Crippen LogP contribution in [0.3, 0.4) is 0 Å². The summed E-state index contributed by atoms with van der Waals surface area (Å²) in [5.74, 6) is -0.255. The van der Waals surface area contributed by atoms with Crippen molar-refractivity contribution >= 4 is 5.69 Å². The van der Waals surface area contributed by atoms with E-state index in [1.165, 1.54) is 6.20 Å². The number of likely N-dealkylation sites (N-methyl/N-ethyl adjacent to an activating group) is 1. The lowest BCUT2D eigenvalue weighted by atomic mass is 10.2. The molecule has 1 aromatic rings. The minimum atomic E-state index is -0.255. The van der Waals surface area contributed by atoms with Crippen LogP contribution in [0.5, 0.6) is 0 Å². The predicted molar refractivity (Wildman–Crippen MR) is 63.7 cm³/mol. The van der Waals surface area contributed by atoms with Crippen molar-refractivity contribution in [3.05, 3.63) is 23.8 Å². The summed E-state index contributed by atoms with van der Waals surface area (Å²) in [5, 5.41) is 0. The number of pyridine rings is 1. The second-order valence-electron chi connectivity index (χ2n) is 4.05. The van der Waals surface area contributed by atoms with Gasteiger partial charge in [0.1, 0.15) is 5.82 Å². The maximum absolute atomic E-state index is 13.1. The Morgan fingerprint density at radius 3 is 2.50 bits per heavy atom. The number of aryl methyl sites for hydroxylation is 1.